The van der Waals surface area contributed by atoms with Gasteiger partial charge in [0.15, 0.2) is 0 Å². The summed E-state index contributed by atoms with van der Waals surface area (Å²) in [6.07, 6.45) is 0. The fourth-order valence-corrected chi connectivity index (χ4v) is 2.10. The van der Waals surface area contributed by atoms with Gasteiger partial charge in [0.1, 0.15) is 24.7 Å². The molecule has 0 aliphatic carbocycles. The Morgan fingerprint density at radius 2 is 1.60 bits per heavy atom. The molecular weight excluding hydrogens is 297 g/mol. The summed E-state index contributed by atoms with van der Waals surface area (Å²) in [5.41, 5.74) is 6.52. The summed E-state index contributed by atoms with van der Waals surface area (Å²) < 4.78 is 11.2. The minimum Gasteiger partial charge on any atom is -0.490 e. The van der Waals surface area contributed by atoms with Crippen LogP contribution < -0.4 is 15.2 Å². The van der Waals surface area contributed by atoms with Crippen molar-refractivity contribution in [2.24, 2.45) is 5.73 Å². The molecule has 0 amide bonds. The molecule has 3 nitrogen and oxygen atoms in total. The van der Waals surface area contributed by atoms with Gasteiger partial charge < -0.3 is 15.2 Å². The van der Waals surface area contributed by atoms with Crippen molar-refractivity contribution >= 4 is 23.2 Å². The first-order chi connectivity index (χ1) is 9.70. The van der Waals surface area contributed by atoms with Crippen LogP contribution in [-0.4, -0.2) is 13.2 Å². The number of ether oxygens (including phenoxy) is 2. The van der Waals surface area contributed by atoms with Crippen molar-refractivity contribution in [1.29, 1.82) is 0 Å². The molecule has 0 atom stereocenters. The van der Waals surface area contributed by atoms with Crippen LogP contribution in [0, 0.1) is 0 Å². The lowest BCUT2D eigenvalue weighted by molar-refractivity contribution is 0.216. The maximum absolute atomic E-state index is 5.99. The number of para-hydroxylation sites is 1. The van der Waals surface area contributed by atoms with E-state index in [0.29, 0.717) is 35.6 Å². The van der Waals surface area contributed by atoms with Crippen LogP contribution in [0.4, 0.5) is 0 Å². The molecule has 0 unspecified atom stereocenters. The number of nitrogens with two attached hydrogens (primary N) is 1. The number of hydrogen-bond acceptors (Lipinski definition) is 3. The Balaban J connectivity index is 1.86. The number of hydrogen-bond donors (Lipinski definition) is 1. The molecule has 0 saturated carbocycles. The molecule has 2 aromatic rings. The Labute approximate surface area is 128 Å². The number of benzene rings is 2. The second kappa shape index (κ2) is 7.39. The van der Waals surface area contributed by atoms with Crippen LogP contribution in [0.25, 0.3) is 0 Å². The van der Waals surface area contributed by atoms with Gasteiger partial charge in [-0.15, -0.1) is 0 Å². The normalized spacial score (nSPS) is 10.3. The average Bonchev–Trinajstić information content (AvgIpc) is 2.46. The third-order valence-corrected chi connectivity index (χ3v) is 3.22. The van der Waals surface area contributed by atoms with E-state index in [1.54, 1.807) is 24.3 Å². The van der Waals surface area contributed by atoms with E-state index in [9.17, 15) is 0 Å². The monoisotopic (exact) mass is 311 g/mol. The lowest BCUT2D eigenvalue weighted by Gasteiger charge is -2.12. The fourth-order valence-electron chi connectivity index (χ4n) is 1.71. The van der Waals surface area contributed by atoms with Gasteiger partial charge in [-0.3, -0.25) is 0 Å². The maximum atomic E-state index is 5.99. The van der Waals surface area contributed by atoms with Gasteiger partial charge >= 0.3 is 0 Å². The first kappa shape index (κ1) is 15.0. The van der Waals surface area contributed by atoms with Gasteiger partial charge in [0, 0.05) is 17.1 Å². The summed E-state index contributed by atoms with van der Waals surface area (Å²) in [5.74, 6) is 1.37. The van der Waals surface area contributed by atoms with Crippen molar-refractivity contribution < 1.29 is 9.47 Å². The topological polar surface area (TPSA) is 44.5 Å². The molecule has 0 heterocycles. The highest BCUT2D eigenvalue weighted by molar-refractivity contribution is 6.32. The van der Waals surface area contributed by atoms with Gasteiger partial charge in [-0.1, -0.05) is 35.3 Å². The summed E-state index contributed by atoms with van der Waals surface area (Å²) in [5, 5.41) is 1.23. The SMILES string of the molecule is NCc1cc(Cl)ccc1OCCOc1ccccc1Cl. The molecule has 0 aromatic heterocycles. The Kier molecular flexibility index (Phi) is 5.53. The van der Waals surface area contributed by atoms with Crippen molar-refractivity contribution in [3.63, 3.8) is 0 Å². The highest BCUT2D eigenvalue weighted by atomic mass is 35.5. The summed E-state index contributed by atoms with van der Waals surface area (Å²) in [6, 6.07) is 12.7. The first-order valence-corrected chi connectivity index (χ1v) is 6.95. The molecule has 2 N–H and O–H groups in total. The largest absolute Gasteiger partial charge is 0.490 e. The van der Waals surface area contributed by atoms with E-state index in [2.05, 4.69) is 0 Å². The predicted molar refractivity (Wildman–Crippen MR) is 81.8 cm³/mol. The van der Waals surface area contributed by atoms with Gasteiger partial charge in [0.2, 0.25) is 0 Å². The molecule has 0 spiro atoms. The number of rotatable bonds is 6. The van der Waals surface area contributed by atoms with Gasteiger partial charge in [-0.25, -0.2) is 0 Å². The van der Waals surface area contributed by atoms with E-state index < -0.39 is 0 Å². The van der Waals surface area contributed by atoms with Crippen molar-refractivity contribution in [1.82, 2.24) is 0 Å². The Hall–Kier alpha value is -1.42. The lowest BCUT2D eigenvalue weighted by Crippen LogP contribution is -2.11. The molecule has 2 rings (SSSR count). The molecule has 106 valence electrons. The quantitative estimate of drug-likeness (QED) is 0.823. The highest BCUT2D eigenvalue weighted by Crippen LogP contribution is 2.24. The van der Waals surface area contributed by atoms with E-state index in [0.717, 1.165) is 11.3 Å². The minimum absolute atomic E-state index is 0.376. The van der Waals surface area contributed by atoms with Crippen LogP contribution in [0.3, 0.4) is 0 Å². The molecule has 5 heteroatoms. The van der Waals surface area contributed by atoms with Crippen LogP contribution >= 0.6 is 23.2 Å². The summed E-state index contributed by atoms with van der Waals surface area (Å²) >= 11 is 11.9. The maximum Gasteiger partial charge on any atom is 0.138 e. The third kappa shape index (κ3) is 4.04. The molecule has 0 fully saturated rings. The van der Waals surface area contributed by atoms with E-state index >= 15 is 0 Å². The zero-order valence-electron chi connectivity index (χ0n) is 10.8. The average molecular weight is 312 g/mol. The van der Waals surface area contributed by atoms with Crippen molar-refractivity contribution in [2.45, 2.75) is 6.54 Å². The van der Waals surface area contributed by atoms with Crippen molar-refractivity contribution in [3.05, 3.63) is 58.1 Å². The second-order valence-electron chi connectivity index (χ2n) is 4.08. The molecule has 0 saturated heterocycles. The summed E-state index contributed by atoms with van der Waals surface area (Å²) in [4.78, 5) is 0. The predicted octanol–water partition coefficient (Wildman–Crippen LogP) is 3.91. The third-order valence-electron chi connectivity index (χ3n) is 2.68. The van der Waals surface area contributed by atoms with Crippen molar-refractivity contribution in [3.8, 4) is 11.5 Å². The van der Waals surface area contributed by atoms with E-state index in [1.165, 1.54) is 0 Å². The highest BCUT2D eigenvalue weighted by Gasteiger charge is 2.04. The molecule has 0 aliphatic rings. The van der Waals surface area contributed by atoms with E-state index in [-0.39, 0.29) is 0 Å². The minimum atomic E-state index is 0.376. The van der Waals surface area contributed by atoms with Gasteiger partial charge in [0.05, 0.1) is 5.02 Å². The molecule has 0 aliphatic heterocycles. The Morgan fingerprint density at radius 3 is 2.30 bits per heavy atom. The summed E-state index contributed by atoms with van der Waals surface area (Å²) in [6.45, 7) is 1.18. The van der Waals surface area contributed by atoms with E-state index in [4.69, 9.17) is 38.4 Å². The molecule has 0 radical (unpaired) electrons. The Morgan fingerprint density at radius 1 is 0.900 bits per heavy atom. The summed E-state index contributed by atoms with van der Waals surface area (Å²) in [7, 11) is 0. The van der Waals surface area contributed by atoms with Crippen LogP contribution in [0.2, 0.25) is 10.0 Å². The van der Waals surface area contributed by atoms with E-state index in [1.807, 2.05) is 18.2 Å². The fraction of sp³-hybridized carbons (Fsp3) is 0.200. The van der Waals surface area contributed by atoms with Crippen LogP contribution in [-0.2, 0) is 6.54 Å². The van der Waals surface area contributed by atoms with Gasteiger partial charge in [-0.2, -0.15) is 0 Å². The van der Waals surface area contributed by atoms with Gasteiger partial charge in [0.25, 0.3) is 0 Å². The van der Waals surface area contributed by atoms with Crippen LogP contribution in [0.1, 0.15) is 5.56 Å². The van der Waals surface area contributed by atoms with Crippen LogP contribution in [0.15, 0.2) is 42.5 Å². The molecular formula is C15H15Cl2NO2. The van der Waals surface area contributed by atoms with Crippen molar-refractivity contribution in [2.75, 3.05) is 13.2 Å². The smallest absolute Gasteiger partial charge is 0.138 e. The zero-order chi connectivity index (χ0) is 14.4. The lowest BCUT2D eigenvalue weighted by atomic mass is 10.2. The second-order valence-corrected chi connectivity index (χ2v) is 4.93. The van der Waals surface area contributed by atoms with Crippen LogP contribution in [0.5, 0.6) is 11.5 Å². The standard InChI is InChI=1S/C15H15Cl2NO2/c16-12-5-6-14(11(9-12)10-18)19-7-8-20-15-4-2-1-3-13(15)17/h1-6,9H,7-8,10,18H2. The first-order valence-electron chi connectivity index (χ1n) is 6.19. The molecule has 2 aromatic carbocycles. The van der Waals surface area contributed by atoms with Gasteiger partial charge in [-0.05, 0) is 30.3 Å². The molecule has 20 heavy (non-hydrogen) atoms. The Bertz CT molecular complexity index is 576. The zero-order valence-corrected chi connectivity index (χ0v) is 12.3. The molecule has 0 bridgehead atoms. The number of halogens is 2.